The lowest BCUT2D eigenvalue weighted by atomic mass is 9.97. The molecule has 0 heterocycles. The number of hydrogen-bond donors (Lipinski definition) is 0. The Balaban J connectivity index is 1.99. The second-order valence-corrected chi connectivity index (χ2v) is 5.78. The van der Waals surface area contributed by atoms with E-state index in [1.165, 1.54) is 12.1 Å². The summed E-state index contributed by atoms with van der Waals surface area (Å²) in [5, 5.41) is 2.11. The topological polar surface area (TPSA) is 17.1 Å². The van der Waals surface area contributed by atoms with Gasteiger partial charge in [-0.3, -0.25) is 4.79 Å². The molecule has 0 aliphatic rings. The molecule has 0 N–H and O–H groups in total. The second-order valence-electron chi connectivity index (χ2n) is 4.86. The van der Waals surface area contributed by atoms with E-state index in [1.807, 2.05) is 42.5 Å². The van der Waals surface area contributed by atoms with E-state index in [9.17, 15) is 9.18 Å². The predicted octanol–water partition coefficient (Wildman–Crippen LogP) is 5.17. The van der Waals surface area contributed by atoms with Crippen molar-refractivity contribution >= 4 is 32.5 Å². The number of carbonyl (C=O) groups is 1. The SMILES string of the molecule is O=C(Cc1cccc2ccccc12)c1cc(Br)ccc1F. The van der Waals surface area contributed by atoms with Crippen LogP contribution in [0, 0.1) is 5.82 Å². The Morgan fingerprint density at radius 1 is 1.00 bits per heavy atom. The van der Waals surface area contributed by atoms with Gasteiger partial charge in [0.2, 0.25) is 0 Å². The fourth-order valence-electron chi connectivity index (χ4n) is 2.43. The van der Waals surface area contributed by atoms with Gasteiger partial charge < -0.3 is 0 Å². The van der Waals surface area contributed by atoms with Crippen molar-refractivity contribution in [1.82, 2.24) is 0 Å². The van der Waals surface area contributed by atoms with E-state index in [0.29, 0.717) is 4.47 Å². The summed E-state index contributed by atoms with van der Waals surface area (Å²) >= 11 is 3.27. The molecule has 104 valence electrons. The van der Waals surface area contributed by atoms with Crippen molar-refractivity contribution in [3.63, 3.8) is 0 Å². The molecule has 0 radical (unpaired) electrons. The maximum Gasteiger partial charge on any atom is 0.170 e. The van der Waals surface area contributed by atoms with Gasteiger partial charge in [-0.25, -0.2) is 4.39 Å². The van der Waals surface area contributed by atoms with Gasteiger partial charge in [0.1, 0.15) is 5.82 Å². The average molecular weight is 343 g/mol. The van der Waals surface area contributed by atoms with Crippen LogP contribution in [0.4, 0.5) is 4.39 Å². The summed E-state index contributed by atoms with van der Waals surface area (Å²) < 4.78 is 14.5. The molecular formula is C18H12BrFO. The van der Waals surface area contributed by atoms with Gasteiger partial charge in [0.25, 0.3) is 0 Å². The number of halogens is 2. The van der Waals surface area contributed by atoms with Crippen LogP contribution < -0.4 is 0 Å². The zero-order valence-corrected chi connectivity index (χ0v) is 12.7. The molecule has 3 aromatic carbocycles. The van der Waals surface area contributed by atoms with Gasteiger partial charge in [-0.05, 0) is 34.5 Å². The standard InChI is InChI=1S/C18H12BrFO/c19-14-8-9-17(20)16(11-14)18(21)10-13-6-3-5-12-4-1-2-7-15(12)13/h1-9,11H,10H2. The van der Waals surface area contributed by atoms with Crippen LogP contribution in [0.15, 0.2) is 65.1 Å². The minimum Gasteiger partial charge on any atom is -0.294 e. The Bertz CT molecular complexity index is 821. The molecule has 0 unspecified atom stereocenters. The summed E-state index contributed by atoms with van der Waals surface area (Å²) in [6.45, 7) is 0. The number of carbonyl (C=O) groups excluding carboxylic acids is 1. The van der Waals surface area contributed by atoms with Gasteiger partial charge >= 0.3 is 0 Å². The van der Waals surface area contributed by atoms with Crippen molar-refractivity contribution in [2.45, 2.75) is 6.42 Å². The molecule has 3 aromatic rings. The van der Waals surface area contributed by atoms with E-state index in [0.717, 1.165) is 16.3 Å². The number of ketones is 1. The van der Waals surface area contributed by atoms with Crippen molar-refractivity contribution in [1.29, 1.82) is 0 Å². The Labute approximate surface area is 130 Å². The number of fused-ring (bicyclic) bond motifs is 1. The molecule has 21 heavy (non-hydrogen) atoms. The normalized spacial score (nSPS) is 10.8. The summed E-state index contributed by atoms with van der Waals surface area (Å²) in [6.07, 6.45) is 0.189. The molecule has 0 aromatic heterocycles. The third-order valence-electron chi connectivity index (χ3n) is 3.46. The lowest BCUT2D eigenvalue weighted by Crippen LogP contribution is -2.06. The van der Waals surface area contributed by atoms with Gasteiger partial charge in [-0.1, -0.05) is 58.4 Å². The van der Waals surface area contributed by atoms with Crippen molar-refractivity contribution < 1.29 is 9.18 Å². The van der Waals surface area contributed by atoms with E-state index < -0.39 is 5.82 Å². The first-order valence-electron chi connectivity index (χ1n) is 6.60. The van der Waals surface area contributed by atoms with Gasteiger partial charge in [0.15, 0.2) is 5.78 Å². The monoisotopic (exact) mass is 342 g/mol. The Hall–Kier alpha value is -2.00. The van der Waals surface area contributed by atoms with E-state index in [1.54, 1.807) is 6.07 Å². The highest BCUT2D eigenvalue weighted by molar-refractivity contribution is 9.10. The van der Waals surface area contributed by atoms with E-state index >= 15 is 0 Å². The first kappa shape index (κ1) is 14.0. The molecule has 0 fully saturated rings. The van der Waals surface area contributed by atoms with Crippen LogP contribution >= 0.6 is 15.9 Å². The molecule has 0 amide bonds. The highest BCUT2D eigenvalue weighted by atomic mass is 79.9. The van der Waals surface area contributed by atoms with Crippen LogP contribution in [0.5, 0.6) is 0 Å². The van der Waals surface area contributed by atoms with Crippen LogP contribution in [-0.4, -0.2) is 5.78 Å². The summed E-state index contributed by atoms with van der Waals surface area (Å²) in [6, 6.07) is 18.1. The third-order valence-corrected chi connectivity index (χ3v) is 3.95. The minimum absolute atomic E-state index is 0.123. The molecule has 0 saturated carbocycles. The fourth-order valence-corrected chi connectivity index (χ4v) is 2.79. The Morgan fingerprint density at radius 3 is 2.62 bits per heavy atom. The largest absolute Gasteiger partial charge is 0.294 e. The van der Waals surface area contributed by atoms with Crippen molar-refractivity contribution in [3.8, 4) is 0 Å². The summed E-state index contributed by atoms with van der Waals surface area (Å²) in [5.41, 5.74) is 1.04. The van der Waals surface area contributed by atoms with Crippen LogP contribution in [0.2, 0.25) is 0 Å². The minimum atomic E-state index is -0.483. The van der Waals surface area contributed by atoms with Gasteiger partial charge in [-0.2, -0.15) is 0 Å². The number of benzene rings is 3. The molecule has 0 aliphatic carbocycles. The van der Waals surface area contributed by atoms with E-state index in [-0.39, 0.29) is 17.8 Å². The van der Waals surface area contributed by atoms with Crippen LogP contribution in [0.3, 0.4) is 0 Å². The van der Waals surface area contributed by atoms with Crippen molar-refractivity contribution in [3.05, 3.63) is 82.1 Å². The van der Waals surface area contributed by atoms with Crippen LogP contribution in [-0.2, 0) is 6.42 Å². The third kappa shape index (κ3) is 2.88. The Morgan fingerprint density at radius 2 is 1.76 bits per heavy atom. The Kier molecular flexibility index (Phi) is 3.84. The molecule has 0 spiro atoms. The van der Waals surface area contributed by atoms with Crippen molar-refractivity contribution in [2.75, 3.05) is 0 Å². The van der Waals surface area contributed by atoms with Crippen LogP contribution in [0.1, 0.15) is 15.9 Å². The highest BCUT2D eigenvalue weighted by Crippen LogP contribution is 2.22. The molecule has 0 saturated heterocycles. The molecule has 0 atom stereocenters. The smallest absolute Gasteiger partial charge is 0.170 e. The molecule has 0 bridgehead atoms. The van der Waals surface area contributed by atoms with Gasteiger partial charge in [0, 0.05) is 10.9 Å². The summed E-state index contributed by atoms with van der Waals surface area (Å²) in [5.74, 6) is -0.700. The quantitative estimate of drug-likeness (QED) is 0.600. The highest BCUT2D eigenvalue weighted by Gasteiger charge is 2.14. The van der Waals surface area contributed by atoms with Crippen LogP contribution in [0.25, 0.3) is 10.8 Å². The molecule has 1 nitrogen and oxygen atoms in total. The molecule has 3 rings (SSSR count). The average Bonchev–Trinajstić information content (AvgIpc) is 2.50. The number of rotatable bonds is 3. The summed E-state index contributed by atoms with van der Waals surface area (Å²) in [4.78, 5) is 12.4. The second kappa shape index (κ2) is 5.78. The van der Waals surface area contributed by atoms with E-state index in [4.69, 9.17) is 0 Å². The van der Waals surface area contributed by atoms with E-state index in [2.05, 4.69) is 15.9 Å². The number of Topliss-reactive ketones (excluding diaryl/α,β-unsaturated/α-hetero) is 1. The fraction of sp³-hybridized carbons (Fsp3) is 0.0556. The predicted molar refractivity (Wildman–Crippen MR) is 86.1 cm³/mol. The maximum atomic E-state index is 13.8. The van der Waals surface area contributed by atoms with Gasteiger partial charge in [-0.15, -0.1) is 0 Å². The lowest BCUT2D eigenvalue weighted by Gasteiger charge is -2.07. The lowest BCUT2D eigenvalue weighted by molar-refractivity contribution is 0.0989. The van der Waals surface area contributed by atoms with Gasteiger partial charge in [0.05, 0.1) is 5.56 Å². The first-order chi connectivity index (χ1) is 10.1. The van der Waals surface area contributed by atoms with Crippen molar-refractivity contribution in [2.24, 2.45) is 0 Å². The maximum absolute atomic E-state index is 13.8. The molecular weight excluding hydrogens is 331 g/mol. The zero-order valence-electron chi connectivity index (χ0n) is 11.1. The summed E-state index contributed by atoms with van der Waals surface area (Å²) in [7, 11) is 0. The first-order valence-corrected chi connectivity index (χ1v) is 7.39. The number of hydrogen-bond acceptors (Lipinski definition) is 1. The molecule has 0 aliphatic heterocycles. The zero-order chi connectivity index (χ0) is 14.8. The molecule has 3 heteroatoms.